The molecule has 0 aliphatic carbocycles. The van der Waals surface area contributed by atoms with Gasteiger partial charge in [0, 0.05) is 40.2 Å². The molecule has 0 aliphatic heterocycles. The number of esters is 2. The zero-order valence-electron chi connectivity index (χ0n) is 16.1. The number of halogens is 2. The van der Waals surface area contributed by atoms with E-state index in [1.807, 2.05) is 41.9 Å². The molecule has 0 saturated heterocycles. The van der Waals surface area contributed by atoms with E-state index in [0.717, 1.165) is 20.6 Å². The lowest BCUT2D eigenvalue weighted by molar-refractivity contribution is -0.131. The number of carbonyl (C=O) groups excluding carboxylic acids is 2. The van der Waals surface area contributed by atoms with E-state index >= 15 is 0 Å². The van der Waals surface area contributed by atoms with Crippen molar-refractivity contribution < 1.29 is 19.1 Å². The van der Waals surface area contributed by atoms with E-state index in [4.69, 9.17) is 9.47 Å². The van der Waals surface area contributed by atoms with Gasteiger partial charge in [0.15, 0.2) is 0 Å². The summed E-state index contributed by atoms with van der Waals surface area (Å²) in [7, 11) is 1.92. The Hall–Kier alpha value is -1.77. The molecule has 2 aromatic carbocycles. The molecule has 3 rings (SSSR count). The molecule has 0 saturated carbocycles. The van der Waals surface area contributed by atoms with Gasteiger partial charge in [-0.05, 0) is 59.3 Å². The molecular formula is C21H19Br2NO4S. The van der Waals surface area contributed by atoms with E-state index in [1.165, 1.54) is 6.92 Å². The maximum Gasteiger partial charge on any atom is 0.340 e. The quantitative estimate of drug-likeness (QED) is 0.215. The zero-order chi connectivity index (χ0) is 21.1. The number of carbonyl (C=O) groups is 2. The van der Waals surface area contributed by atoms with Crippen molar-refractivity contribution in [3.05, 3.63) is 56.6 Å². The van der Waals surface area contributed by atoms with Crippen molar-refractivity contribution in [1.29, 1.82) is 0 Å². The molecule has 0 spiro atoms. The van der Waals surface area contributed by atoms with Gasteiger partial charge in [0.2, 0.25) is 0 Å². The van der Waals surface area contributed by atoms with Crippen LogP contribution in [0, 0.1) is 0 Å². The predicted molar refractivity (Wildman–Crippen MR) is 122 cm³/mol. The topological polar surface area (TPSA) is 57.5 Å². The number of nitrogens with zero attached hydrogens (tertiary/aromatic N) is 1. The molecule has 152 valence electrons. The number of hydrogen-bond acceptors (Lipinski definition) is 5. The van der Waals surface area contributed by atoms with Gasteiger partial charge in [-0.1, -0.05) is 15.9 Å². The second kappa shape index (κ2) is 9.36. The van der Waals surface area contributed by atoms with E-state index in [1.54, 1.807) is 24.8 Å². The summed E-state index contributed by atoms with van der Waals surface area (Å²) in [6, 6.07) is 11.6. The third-order valence-corrected chi connectivity index (χ3v) is 6.47. The highest BCUT2D eigenvalue weighted by Crippen LogP contribution is 2.37. The van der Waals surface area contributed by atoms with Crippen LogP contribution in [0.5, 0.6) is 5.75 Å². The molecule has 0 radical (unpaired) electrons. The summed E-state index contributed by atoms with van der Waals surface area (Å²) >= 11 is 8.52. The number of rotatable bonds is 6. The Morgan fingerprint density at radius 2 is 1.83 bits per heavy atom. The second-order valence-electron chi connectivity index (χ2n) is 6.24. The van der Waals surface area contributed by atoms with Crippen LogP contribution in [0.1, 0.15) is 29.9 Å². The Morgan fingerprint density at radius 3 is 2.45 bits per heavy atom. The average molecular weight is 541 g/mol. The highest BCUT2D eigenvalue weighted by molar-refractivity contribution is 9.10. The minimum absolute atomic E-state index is 0.280. The standard InChI is InChI=1S/C21H19Br2NO4S/c1-4-27-21(26)20-15-9-19(28-12(2)25)16(23)10-17(15)24(3)18(20)11-29-14-7-5-13(22)6-8-14/h5-10H,4,11H2,1-3H3. The number of aromatic nitrogens is 1. The summed E-state index contributed by atoms with van der Waals surface area (Å²) < 4.78 is 14.2. The third kappa shape index (κ3) is 4.87. The van der Waals surface area contributed by atoms with Gasteiger partial charge in [-0.25, -0.2) is 4.79 Å². The Balaban J connectivity index is 2.09. The fourth-order valence-electron chi connectivity index (χ4n) is 3.00. The van der Waals surface area contributed by atoms with Gasteiger partial charge in [-0.15, -0.1) is 11.8 Å². The SMILES string of the molecule is CCOC(=O)c1c(CSc2ccc(Br)cc2)n(C)c2cc(Br)c(OC(C)=O)cc12. The van der Waals surface area contributed by atoms with Crippen molar-refractivity contribution in [2.75, 3.05) is 6.61 Å². The average Bonchev–Trinajstić information content (AvgIpc) is 2.93. The summed E-state index contributed by atoms with van der Waals surface area (Å²) in [5, 5.41) is 0.691. The molecule has 0 aliphatic rings. The van der Waals surface area contributed by atoms with Crippen molar-refractivity contribution in [2.24, 2.45) is 7.05 Å². The first-order valence-electron chi connectivity index (χ1n) is 8.86. The van der Waals surface area contributed by atoms with Gasteiger partial charge in [0.25, 0.3) is 0 Å². The largest absolute Gasteiger partial charge is 0.462 e. The van der Waals surface area contributed by atoms with Gasteiger partial charge in [-0.2, -0.15) is 0 Å². The molecule has 0 fully saturated rings. The van der Waals surface area contributed by atoms with Crippen molar-refractivity contribution in [2.45, 2.75) is 24.5 Å². The van der Waals surface area contributed by atoms with Gasteiger partial charge in [-0.3, -0.25) is 4.79 Å². The molecular weight excluding hydrogens is 522 g/mol. The molecule has 0 bridgehead atoms. The normalized spacial score (nSPS) is 10.9. The van der Waals surface area contributed by atoms with Crippen LogP contribution in [-0.4, -0.2) is 23.1 Å². The van der Waals surface area contributed by atoms with Gasteiger partial charge < -0.3 is 14.0 Å². The van der Waals surface area contributed by atoms with E-state index in [0.29, 0.717) is 26.9 Å². The summed E-state index contributed by atoms with van der Waals surface area (Å²) in [5.41, 5.74) is 2.19. The molecule has 0 amide bonds. The van der Waals surface area contributed by atoms with Crippen LogP contribution in [0.3, 0.4) is 0 Å². The van der Waals surface area contributed by atoms with Crippen LogP contribution in [-0.2, 0) is 22.3 Å². The first-order chi connectivity index (χ1) is 13.8. The smallest absolute Gasteiger partial charge is 0.340 e. The van der Waals surface area contributed by atoms with E-state index in [2.05, 4.69) is 31.9 Å². The molecule has 8 heteroatoms. The number of hydrogen-bond donors (Lipinski definition) is 0. The van der Waals surface area contributed by atoms with Crippen LogP contribution in [0.4, 0.5) is 0 Å². The number of thioether (sulfide) groups is 1. The van der Waals surface area contributed by atoms with Crippen LogP contribution in [0.25, 0.3) is 10.9 Å². The Labute approximate surface area is 190 Å². The lowest BCUT2D eigenvalue weighted by Gasteiger charge is -2.08. The maximum absolute atomic E-state index is 12.8. The Morgan fingerprint density at radius 1 is 1.14 bits per heavy atom. The van der Waals surface area contributed by atoms with Crippen molar-refractivity contribution in [3.8, 4) is 5.75 Å². The van der Waals surface area contributed by atoms with Crippen molar-refractivity contribution in [1.82, 2.24) is 4.57 Å². The lowest BCUT2D eigenvalue weighted by Crippen LogP contribution is -2.08. The van der Waals surface area contributed by atoms with Gasteiger partial charge in [0.1, 0.15) is 5.75 Å². The fraction of sp³-hybridized carbons (Fsp3) is 0.238. The first-order valence-corrected chi connectivity index (χ1v) is 11.4. The maximum atomic E-state index is 12.8. The highest BCUT2D eigenvalue weighted by atomic mass is 79.9. The zero-order valence-corrected chi connectivity index (χ0v) is 20.1. The molecule has 5 nitrogen and oxygen atoms in total. The number of fused-ring (bicyclic) bond motifs is 1. The summed E-state index contributed by atoms with van der Waals surface area (Å²) in [6.07, 6.45) is 0. The molecule has 0 unspecified atom stereocenters. The minimum atomic E-state index is -0.426. The highest BCUT2D eigenvalue weighted by Gasteiger charge is 2.24. The van der Waals surface area contributed by atoms with Crippen molar-refractivity contribution in [3.63, 3.8) is 0 Å². The summed E-state index contributed by atoms with van der Waals surface area (Å²) in [5.74, 6) is 0.139. The Bertz CT molecular complexity index is 1080. The predicted octanol–water partition coefficient (Wildman–Crippen LogP) is 6.10. The molecule has 1 heterocycles. The first kappa shape index (κ1) is 21.9. The lowest BCUT2D eigenvalue weighted by atomic mass is 10.1. The van der Waals surface area contributed by atoms with E-state index < -0.39 is 5.97 Å². The molecule has 3 aromatic rings. The van der Waals surface area contributed by atoms with E-state index in [9.17, 15) is 9.59 Å². The monoisotopic (exact) mass is 539 g/mol. The fourth-order valence-corrected chi connectivity index (χ4v) is 4.65. The minimum Gasteiger partial charge on any atom is -0.462 e. The van der Waals surface area contributed by atoms with Crippen molar-refractivity contribution >= 4 is 66.5 Å². The molecule has 0 atom stereocenters. The number of ether oxygens (including phenoxy) is 2. The van der Waals surface area contributed by atoms with Crippen LogP contribution < -0.4 is 4.74 Å². The molecule has 1 aromatic heterocycles. The third-order valence-electron chi connectivity index (χ3n) is 4.30. The number of aryl methyl sites for hydroxylation is 1. The van der Waals surface area contributed by atoms with Gasteiger partial charge in [0.05, 0.1) is 22.2 Å². The summed E-state index contributed by atoms with van der Waals surface area (Å²) in [6.45, 7) is 3.40. The second-order valence-corrected chi connectivity index (χ2v) is 9.06. The number of benzene rings is 2. The Kier molecular flexibility index (Phi) is 7.08. The van der Waals surface area contributed by atoms with E-state index in [-0.39, 0.29) is 12.6 Å². The molecule has 0 N–H and O–H groups in total. The summed E-state index contributed by atoms with van der Waals surface area (Å²) in [4.78, 5) is 25.3. The molecule has 29 heavy (non-hydrogen) atoms. The van der Waals surface area contributed by atoms with Crippen LogP contribution >= 0.6 is 43.6 Å². The van der Waals surface area contributed by atoms with Gasteiger partial charge >= 0.3 is 11.9 Å². The van der Waals surface area contributed by atoms with Crippen LogP contribution in [0.2, 0.25) is 0 Å². The van der Waals surface area contributed by atoms with Crippen LogP contribution in [0.15, 0.2) is 50.2 Å².